The lowest BCUT2D eigenvalue weighted by Crippen LogP contribution is -2.53. The molecular weight excluding hydrogens is 312 g/mol. The number of halogens is 1. The number of carbonyl (C=O) groups excluding carboxylic acids is 1. The standard InChI is InChI=1S/C18H15ClN2O2/c1-12(22)21-15-10-6-5-9-14(15)16(19)18(21)11-20-17(23-18)13-7-3-2-4-8-13/h2-10,16H,11H2,1H3/t16-,18+/m0/s1. The van der Waals surface area contributed by atoms with Crippen LogP contribution in [0, 0.1) is 0 Å². The first-order valence-electron chi connectivity index (χ1n) is 7.46. The van der Waals surface area contributed by atoms with Crippen molar-refractivity contribution in [2.24, 2.45) is 4.99 Å². The number of benzene rings is 2. The van der Waals surface area contributed by atoms with E-state index in [2.05, 4.69) is 4.99 Å². The molecule has 2 aromatic carbocycles. The molecule has 4 rings (SSSR count). The Labute approximate surface area is 139 Å². The van der Waals surface area contributed by atoms with Crippen molar-refractivity contribution in [3.8, 4) is 0 Å². The Balaban J connectivity index is 1.76. The van der Waals surface area contributed by atoms with Crippen molar-refractivity contribution in [1.29, 1.82) is 0 Å². The molecule has 2 atom stereocenters. The quantitative estimate of drug-likeness (QED) is 0.753. The lowest BCUT2D eigenvalue weighted by atomic mass is 10.1. The van der Waals surface area contributed by atoms with Crippen LogP contribution in [0.1, 0.15) is 23.4 Å². The zero-order chi connectivity index (χ0) is 16.0. The summed E-state index contributed by atoms with van der Waals surface area (Å²) in [5, 5.41) is -0.465. The van der Waals surface area contributed by atoms with E-state index in [1.165, 1.54) is 6.92 Å². The van der Waals surface area contributed by atoms with Crippen LogP contribution in [0.3, 0.4) is 0 Å². The van der Waals surface area contributed by atoms with Crippen molar-refractivity contribution in [2.45, 2.75) is 18.0 Å². The maximum atomic E-state index is 12.3. The van der Waals surface area contributed by atoms with Gasteiger partial charge in [0, 0.05) is 12.5 Å². The maximum absolute atomic E-state index is 12.3. The molecule has 0 aliphatic carbocycles. The monoisotopic (exact) mass is 326 g/mol. The van der Waals surface area contributed by atoms with Crippen molar-refractivity contribution in [1.82, 2.24) is 0 Å². The molecule has 0 fully saturated rings. The summed E-state index contributed by atoms with van der Waals surface area (Å²) >= 11 is 6.71. The van der Waals surface area contributed by atoms with Crippen molar-refractivity contribution in [2.75, 3.05) is 11.4 Å². The molecule has 0 radical (unpaired) electrons. The van der Waals surface area contributed by atoms with E-state index >= 15 is 0 Å². The molecule has 116 valence electrons. The fourth-order valence-corrected chi connectivity index (χ4v) is 3.69. The number of hydrogen-bond donors (Lipinski definition) is 0. The minimum absolute atomic E-state index is 0.106. The number of rotatable bonds is 1. The number of aliphatic imine (C=N–C) groups is 1. The second-order valence-corrected chi connectivity index (χ2v) is 6.15. The molecule has 0 unspecified atom stereocenters. The van der Waals surface area contributed by atoms with Crippen LogP contribution in [-0.2, 0) is 9.53 Å². The zero-order valence-corrected chi connectivity index (χ0v) is 13.3. The summed E-state index contributed by atoms with van der Waals surface area (Å²) in [7, 11) is 0. The average Bonchev–Trinajstić information content (AvgIpc) is 3.11. The van der Waals surface area contributed by atoms with Crippen LogP contribution >= 0.6 is 11.6 Å². The fraction of sp³-hybridized carbons (Fsp3) is 0.222. The number of ether oxygens (including phenoxy) is 1. The lowest BCUT2D eigenvalue weighted by molar-refractivity contribution is -0.119. The van der Waals surface area contributed by atoms with Crippen LogP contribution in [0.5, 0.6) is 0 Å². The van der Waals surface area contributed by atoms with Crippen LogP contribution < -0.4 is 4.90 Å². The molecule has 0 saturated carbocycles. The molecule has 5 heteroatoms. The summed E-state index contributed by atoms with van der Waals surface area (Å²) in [4.78, 5) is 18.5. The summed E-state index contributed by atoms with van der Waals surface area (Å²) in [5.41, 5.74) is 1.59. The normalized spacial score (nSPS) is 25.2. The number of amides is 1. The van der Waals surface area contributed by atoms with E-state index in [9.17, 15) is 4.79 Å². The van der Waals surface area contributed by atoms with Crippen molar-refractivity contribution in [3.05, 3.63) is 65.7 Å². The molecule has 0 saturated heterocycles. The Bertz CT molecular complexity index is 806. The largest absolute Gasteiger partial charge is 0.446 e. The van der Waals surface area contributed by atoms with Gasteiger partial charge in [0.25, 0.3) is 0 Å². The van der Waals surface area contributed by atoms with Crippen molar-refractivity contribution >= 4 is 29.1 Å². The van der Waals surface area contributed by atoms with E-state index in [0.29, 0.717) is 12.4 Å². The van der Waals surface area contributed by atoms with Crippen LogP contribution in [0.15, 0.2) is 59.6 Å². The van der Waals surface area contributed by atoms with E-state index in [1.54, 1.807) is 4.90 Å². The summed E-state index contributed by atoms with van der Waals surface area (Å²) in [6.07, 6.45) is 0. The number of para-hydroxylation sites is 1. The first kappa shape index (κ1) is 14.3. The predicted molar refractivity (Wildman–Crippen MR) is 89.9 cm³/mol. The summed E-state index contributed by atoms with van der Waals surface area (Å²) in [6.45, 7) is 1.84. The molecule has 0 bridgehead atoms. The molecule has 4 nitrogen and oxygen atoms in total. The highest BCUT2D eigenvalue weighted by atomic mass is 35.5. The lowest BCUT2D eigenvalue weighted by Gasteiger charge is -2.35. The molecular formula is C18H15ClN2O2. The van der Waals surface area contributed by atoms with Gasteiger partial charge in [-0.15, -0.1) is 11.6 Å². The van der Waals surface area contributed by atoms with Gasteiger partial charge in [0.2, 0.25) is 17.5 Å². The second-order valence-electron chi connectivity index (χ2n) is 5.71. The first-order valence-corrected chi connectivity index (χ1v) is 7.90. The molecule has 1 spiro atoms. The predicted octanol–water partition coefficient (Wildman–Crippen LogP) is 3.51. The molecule has 23 heavy (non-hydrogen) atoms. The Morgan fingerprint density at radius 3 is 2.65 bits per heavy atom. The molecule has 2 heterocycles. The third-order valence-corrected chi connectivity index (χ3v) is 4.86. The van der Waals surface area contributed by atoms with E-state index in [-0.39, 0.29) is 5.91 Å². The topological polar surface area (TPSA) is 41.9 Å². The fourth-order valence-electron chi connectivity index (χ4n) is 3.30. The number of fused-ring (bicyclic) bond motifs is 1. The molecule has 1 amide bonds. The molecule has 0 N–H and O–H groups in total. The Morgan fingerprint density at radius 1 is 1.22 bits per heavy atom. The molecule has 0 aromatic heterocycles. The smallest absolute Gasteiger partial charge is 0.231 e. The minimum atomic E-state index is -0.984. The van der Waals surface area contributed by atoms with Gasteiger partial charge in [-0.3, -0.25) is 9.69 Å². The van der Waals surface area contributed by atoms with Gasteiger partial charge >= 0.3 is 0 Å². The third-order valence-electron chi connectivity index (χ3n) is 4.28. The number of alkyl halides is 1. The van der Waals surface area contributed by atoms with E-state index in [0.717, 1.165) is 16.8 Å². The van der Waals surface area contributed by atoms with Gasteiger partial charge < -0.3 is 4.74 Å². The van der Waals surface area contributed by atoms with E-state index in [4.69, 9.17) is 16.3 Å². The average molecular weight is 327 g/mol. The van der Waals surface area contributed by atoms with Crippen molar-refractivity contribution in [3.63, 3.8) is 0 Å². The number of anilines is 1. The third kappa shape index (κ3) is 1.98. The number of hydrogen-bond acceptors (Lipinski definition) is 3. The van der Waals surface area contributed by atoms with Gasteiger partial charge in [-0.25, -0.2) is 4.99 Å². The first-order chi connectivity index (χ1) is 11.1. The van der Waals surface area contributed by atoms with Gasteiger partial charge in [-0.1, -0.05) is 36.4 Å². The highest BCUT2D eigenvalue weighted by molar-refractivity contribution is 6.24. The van der Waals surface area contributed by atoms with E-state index < -0.39 is 11.1 Å². The number of carbonyl (C=O) groups is 1. The van der Waals surface area contributed by atoms with Gasteiger partial charge in [0.15, 0.2) is 0 Å². The van der Waals surface area contributed by atoms with Crippen molar-refractivity contribution < 1.29 is 9.53 Å². The van der Waals surface area contributed by atoms with Crippen LogP contribution in [0.4, 0.5) is 5.69 Å². The summed E-state index contributed by atoms with van der Waals surface area (Å²) < 4.78 is 6.19. The molecule has 2 aliphatic rings. The molecule has 2 aliphatic heterocycles. The highest BCUT2D eigenvalue weighted by Gasteiger charge is 2.57. The highest BCUT2D eigenvalue weighted by Crippen LogP contribution is 2.52. The molecule has 2 aromatic rings. The second kappa shape index (κ2) is 5.10. The Hall–Kier alpha value is -2.33. The van der Waals surface area contributed by atoms with Gasteiger partial charge in [0.05, 0.1) is 5.69 Å². The minimum Gasteiger partial charge on any atom is -0.446 e. The Kier molecular flexibility index (Phi) is 3.16. The van der Waals surface area contributed by atoms with Crippen LogP contribution in [0.25, 0.3) is 0 Å². The summed E-state index contributed by atoms with van der Waals surface area (Å²) in [5.74, 6) is 0.417. The number of nitrogens with zero attached hydrogens (tertiary/aromatic N) is 2. The van der Waals surface area contributed by atoms with Gasteiger partial charge in [0.1, 0.15) is 11.9 Å². The van der Waals surface area contributed by atoms with Crippen LogP contribution in [-0.4, -0.2) is 24.1 Å². The van der Waals surface area contributed by atoms with Gasteiger partial charge in [-0.05, 0) is 23.8 Å². The Morgan fingerprint density at radius 2 is 1.91 bits per heavy atom. The van der Waals surface area contributed by atoms with Crippen LogP contribution in [0.2, 0.25) is 0 Å². The summed E-state index contributed by atoms with van der Waals surface area (Å²) in [6, 6.07) is 17.3. The zero-order valence-electron chi connectivity index (χ0n) is 12.6. The SMILES string of the molecule is CC(=O)N1c2ccccc2[C@H](Cl)[C@]12CN=C(c1ccccc1)O2. The van der Waals surface area contributed by atoms with E-state index in [1.807, 2.05) is 54.6 Å². The van der Waals surface area contributed by atoms with Gasteiger partial charge in [-0.2, -0.15) is 0 Å². The maximum Gasteiger partial charge on any atom is 0.231 e.